The van der Waals surface area contributed by atoms with Crippen molar-refractivity contribution in [2.45, 2.75) is 6.92 Å². The third kappa shape index (κ3) is 5.20. The largest absolute Gasteiger partial charge is 0.465 e. The smallest absolute Gasteiger partial charge is 0.302 e. The highest BCUT2D eigenvalue weighted by atomic mass is 32.2. The number of thioether (sulfide) groups is 1. The maximum atomic E-state index is 11.8. The molecule has 3 aromatic rings. The fourth-order valence-corrected chi connectivity index (χ4v) is 4.77. The van der Waals surface area contributed by atoms with Crippen molar-refractivity contribution >= 4 is 46.3 Å². The molecule has 0 saturated carbocycles. The number of carbonyl (C=O) groups excluding carboxylic acids is 3. The van der Waals surface area contributed by atoms with Crippen LogP contribution in [0.15, 0.2) is 47.5 Å². The number of rotatable bonds is 6. The number of anilines is 1. The van der Waals surface area contributed by atoms with Crippen LogP contribution in [-0.4, -0.2) is 75.9 Å². The van der Waals surface area contributed by atoms with Gasteiger partial charge in [0.1, 0.15) is 6.61 Å². The first kappa shape index (κ1) is 23.1. The number of carbonyl (C=O) groups is 3. The van der Waals surface area contributed by atoms with Crippen molar-refractivity contribution < 1.29 is 19.1 Å². The minimum absolute atomic E-state index is 0.241. The van der Waals surface area contributed by atoms with Crippen LogP contribution in [0.4, 0.5) is 10.5 Å². The summed E-state index contributed by atoms with van der Waals surface area (Å²) in [6.07, 6.45) is 3.37. The van der Waals surface area contributed by atoms with Crippen molar-refractivity contribution in [2.24, 2.45) is 0 Å². The fraction of sp³-hybridized carbons (Fsp3) is 0.292. The molecule has 1 N–H and O–H groups in total. The van der Waals surface area contributed by atoms with Crippen LogP contribution in [0, 0.1) is 0 Å². The molecular weight excluding hydrogens is 468 g/mol. The van der Waals surface area contributed by atoms with E-state index in [0.29, 0.717) is 22.9 Å². The molecule has 0 radical (unpaired) electrons. The van der Waals surface area contributed by atoms with Crippen LogP contribution >= 0.6 is 11.8 Å². The number of benzene rings is 1. The van der Waals surface area contributed by atoms with Crippen LogP contribution < -0.4 is 10.2 Å². The minimum atomic E-state index is -0.409. The maximum absolute atomic E-state index is 11.8. The topological polar surface area (TPSA) is 109 Å². The molecule has 0 aliphatic carbocycles. The monoisotopic (exact) mass is 492 g/mol. The van der Waals surface area contributed by atoms with E-state index in [9.17, 15) is 14.4 Å². The molecule has 4 heterocycles. The number of aromatic nitrogens is 3. The van der Waals surface area contributed by atoms with Crippen molar-refractivity contribution in [2.75, 3.05) is 44.2 Å². The number of imide groups is 1. The number of fused-ring (bicyclic) bond motifs is 1. The quantitative estimate of drug-likeness (QED) is 0.410. The first-order chi connectivity index (χ1) is 17.0. The molecule has 2 fully saturated rings. The molecule has 0 unspecified atom stereocenters. The van der Waals surface area contributed by atoms with Crippen LogP contribution in [0.2, 0.25) is 0 Å². The molecule has 35 heavy (non-hydrogen) atoms. The van der Waals surface area contributed by atoms with E-state index in [2.05, 4.69) is 49.5 Å². The SMILES string of the molecule is CC(=O)OCCN1CCN(c2ccc(-c3cnc4ccc(/C=C5\SC(=O)NC5=O)nn34)cc2)CC1. The number of hydrogen-bond donors (Lipinski definition) is 1. The molecule has 0 spiro atoms. The van der Waals surface area contributed by atoms with Gasteiger partial charge in [0.2, 0.25) is 0 Å². The van der Waals surface area contributed by atoms with Crippen molar-refractivity contribution in [3.8, 4) is 11.3 Å². The number of hydrogen-bond acceptors (Lipinski definition) is 9. The van der Waals surface area contributed by atoms with Gasteiger partial charge in [0.05, 0.1) is 22.5 Å². The summed E-state index contributed by atoms with van der Waals surface area (Å²) in [7, 11) is 0. The first-order valence-corrected chi connectivity index (χ1v) is 12.1. The van der Waals surface area contributed by atoms with Gasteiger partial charge in [-0.25, -0.2) is 9.50 Å². The van der Waals surface area contributed by atoms with E-state index in [4.69, 9.17) is 4.74 Å². The lowest BCUT2D eigenvalue weighted by atomic mass is 10.1. The first-order valence-electron chi connectivity index (χ1n) is 11.3. The molecule has 2 saturated heterocycles. The Kier molecular flexibility index (Phi) is 6.51. The standard InChI is InChI=1S/C24H24N6O4S/c1-16(31)34-13-12-28-8-10-29(11-9-28)19-5-2-17(3-6-19)20-15-25-22-7-4-18(27-30(20)22)14-21-23(32)26-24(33)35-21/h2-7,14-15H,8-13H2,1H3,(H,26,32,33)/b21-14-. The second-order valence-electron chi connectivity index (χ2n) is 8.24. The summed E-state index contributed by atoms with van der Waals surface area (Å²) in [6, 6.07) is 11.9. The normalized spacial score (nSPS) is 17.9. The predicted octanol–water partition coefficient (Wildman–Crippen LogP) is 2.41. The predicted molar refractivity (Wildman–Crippen MR) is 133 cm³/mol. The van der Waals surface area contributed by atoms with Crippen molar-refractivity contribution in [3.63, 3.8) is 0 Å². The van der Waals surface area contributed by atoms with E-state index in [1.165, 1.54) is 6.92 Å². The van der Waals surface area contributed by atoms with E-state index >= 15 is 0 Å². The van der Waals surface area contributed by atoms with E-state index < -0.39 is 5.91 Å². The van der Waals surface area contributed by atoms with Gasteiger partial charge >= 0.3 is 5.97 Å². The number of imidazole rings is 1. The van der Waals surface area contributed by atoms with Crippen LogP contribution in [0.5, 0.6) is 0 Å². The summed E-state index contributed by atoms with van der Waals surface area (Å²) in [5.41, 5.74) is 4.21. The number of amides is 2. The molecule has 5 rings (SSSR count). The third-order valence-electron chi connectivity index (χ3n) is 5.92. The van der Waals surface area contributed by atoms with Crippen molar-refractivity contribution in [1.82, 2.24) is 24.8 Å². The van der Waals surface area contributed by atoms with E-state index in [-0.39, 0.29) is 11.2 Å². The molecule has 2 aromatic heterocycles. The van der Waals surface area contributed by atoms with Crippen LogP contribution in [0.25, 0.3) is 23.0 Å². The van der Waals surface area contributed by atoms with Gasteiger partial charge in [-0.15, -0.1) is 0 Å². The van der Waals surface area contributed by atoms with Gasteiger partial charge < -0.3 is 9.64 Å². The van der Waals surface area contributed by atoms with Crippen molar-refractivity contribution in [1.29, 1.82) is 0 Å². The lowest BCUT2D eigenvalue weighted by Crippen LogP contribution is -2.47. The van der Waals surface area contributed by atoms with E-state index in [0.717, 1.165) is 61.4 Å². The average Bonchev–Trinajstić information content (AvgIpc) is 3.41. The van der Waals surface area contributed by atoms with Crippen molar-refractivity contribution in [3.05, 3.63) is 53.2 Å². The Morgan fingerprint density at radius 1 is 1.11 bits per heavy atom. The second kappa shape index (κ2) is 9.88. The number of nitrogens with one attached hydrogen (secondary N) is 1. The van der Waals surface area contributed by atoms with Gasteiger partial charge in [-0.1, -0.05) is 12.1 Å². The molecule has 0 bridgehead atoms. The molecule has 180 valence electrons. The van der Waals surface area contributed by atoms with E-state index in [1.807, 2.05) is 6.07 Å². The average molecular weight is 493 g/mol. The summed E-state index contributed by atoms with van der Waals surface area (Å²) >= 11 is 0.866. The van der Waals surface area contributed by atoms with Gasteiger partial charge in [0, 0.05) is 50.9 Å². The molecule has 10 nitrogen and oxygen atoms in total. The summed E-state index contributed by atoms with van der Waals surface area (Å²) in [6.45, 7) is 6.26. The molecule has 2 amide bonds. The molecule has 1 aromatic carbocycles. The Balaban J connectivity index is 1.28. The van der Waals surface area contributed by atoms with Gasteiger partial charge in [0.25, 0.3) is 11.1 Å². The molecule has 2 aliphatic rings. The number of esters is 1. The van der Waals surface area contributed by atoms with Crippen LogP contribution in [-0.2, 0) is 14.3 Å². The van der Waals surface area contributed by atoms with E-state index in [1.54, 1.807) is 22.9 Å². The van der Waals surface area contributed by atoms with Gasteiger partial charge in [-0.2, -0.15) is 5.10 Å². The fourth-order valence-electron chi connectivity index (χ4n) is 4.11. The molecular formula is C24H24N6O4S. The summed E-state index contributed by atoms with van der Waals surface area (Å²) in [5, 5.41) is 6.49. The summed E-state index contributed by atoms with van der Waals surface area (Å²) < 4.78 is 6.78. The highest BCUT2D eigenvalue weighted by Gasteiger charge is 2.25. The summed E-state index contributed by atoms with van der Waals surface area (Å²) in [4.78, 5) is 43.6. The second-order valence-corrected chi connectivity index (χ2v) is 9.25. The zero-order valence-electron chi connectivity index (χ0n) is 19.1. The zero-order chi connectivity index (χ0) is 24.4. The maximum Gasteiger partial charge on any atom is 0.302 e. The third-order valence-corrected chi connectivity index (χ3v) is 6.73. The lowest BCUT2D eigenvalue weighted by molar-refractivity contribution is -0.141. The Labute approximate surface area is 205 Å². The molecule has 0 atom stereocenters. The van der Waals surface area contributed by atoms with Gasteiger partial charge in [-0.05, 0) is 42.1 Å². The Bertz CT molecular complexity index is 1310. The zero-order valence-corrected chi connectivity index (χ0v) is 20.0. The molecule has 2 aliphatic heterocycles. The van der Waals surface area contributed by atoms with Crippen LogP contribution in [0.3, 0.4) is 0 Å². The summed E-state index contributed by atoms with van der Waals surface area (Å²) in [5.74, 6) is -0.650. The number of piperazine rings is 1. The highest BCUT2D eigenvalue weighted by molar-refractivity contribution is 8.18. The number of nitrogens with zero attached hydrogens (tertiary/aromatic N) is 5. The Morgan fingerprint density at radius 2 is 1.89 bits per heavy atom. The minimum Gasteiger partial charge on any atom is -0.465 e. The number of ether oxygens (including phenoxy) is 1. The van der Waals surface area contributed by atoms with Gasteiger partial charge in [-0.3, -0.25) is 24.6 Å². The lowest BCUT2D eigenvalue weighted by Gasteiger charge is -2.36. The Morgan fingerprint density at radius 3 is 2.57 bits per heavy atom. The Hall–Kier alpha value is -3.70. The van der Waals surface area contributed by atoms with Crippen LogP contribution in [0.1, 0.15) is 12.6 Å². The highest BCUT2D eigenvalue weighted by Crippen LogP contribution is 2.27. The molecule has 11 heteroatoms. The van der Waals surface area contributed by atoms with Gasteiger partial charge in [0.15, 0.2) is 5.65 Å².